The van der Waals surface area contributed by atoms with Gasteiger partial charge in [-0.1, -0.05) is 55.8 Å². The molecule has 224 valence electrons. The molecule has 2 fully saturated rings. The van der Waals surface area contributed by atoms with Crippen LogP contribution in [-0.2, 0) is 30.9 Å². The molecule has 3 rings (SSSR count). The summed E-state index contributed by atoms with van der Waals surface area (Å²) in [5.74, 6) is -1.65. The van der Waals surface area contributed by atoms with Crippen molar-refractivity contribution in [2.24, 2.45) is 11.8 Å². The van der Waals surface area contributed by atoms with Gasteiger partial charge in [0, 0.05) is 23.9 Å². The van der Waals surface area contributed by atoms with Gasteiger partial charge in [0.05, 0.1) is 6.04 Å². The van der Waals surface area contributed by atoms with Crippen LogP contribution in [0.4, 0.5) is 4.79 Å². The van der Waals surface area contributed by atoms with E-state index in [-0.39, 0.29) is 54.2 Å². The van der Waals surface area contributed by atoms with E-state index in [1.165, 1.54) is 0 Å². The van der Waals surface area contributed by atoms with Gasteiger partial charge in [-0.3, -0.25) is 9.59 Å². The standard InChI is InChI=1S/C27H40ClN3O8S.Na/c1-27(2,16-18-9-6-10-20(28)13-18)39-26(35)31-21(14-17-7-4-3-5-8-17)24(33)30-22(25(34)40(36,37)38)15-19-11-12-29-23(19)32;/h6,9-10,13,17,19,21-22,25,34H,3-5,7-8,11-12,14-16H2,1-2H3,(H,29,32)(H,30,33)(H,31,35)(H,36,37,38);/q;+1/p-1/t19-,21-,22-,25?;/m0./s1. The van der Waals surface area contributed by atoms with Gasteiger partial charge in [0.25, 0.3) is 0 Å². The second-order valence-electron chi connectivity index (χ2n) is 11.4. The van der Waals surface area contributed by atoms with E-state index in [1.54, 1.807) is 32.0 Å². The average molecular weight is 624 g/mol. The second kappa shape index (κ2) is 15.9. The number of hydrogen-bond acceptors (Lipinski definition) is 8. The maximum absolute atomic E-state index is 13.4. The number of aliphatic hydroxyl groups is 1. The predicted octanol–water partition coefficient (Wildman–Crippen LogP) is -0.395. The zero-order valence-electron chi connectivity index (χ0n) is 23.9. The first-order valence-corrected chi connectivity index (χ1v) is 15.5. The molecule has 1 aliphatic carbocycles. The Kier molecular flexibility index (Phi) is 13.9. The molecule has 4 N–H and O–H groups in total. The molecule has 1 aliphatic heterocycles. The summed E-state index contributed by atoms with van der Waals surface area (Å²) in [7, 11) is -5.20. The summed E-state index contributed by atoms with van der Waals surface area (Å²) < 4.78 is 40.6. The maximum atomic E-state index is 13.4. The van der Waals surface area contributed by atoms with E-state index < -0.39 is 51.2 Å². The summed E-state index contributed by atoms with van der Waals surface area (Å²) in [4.78, 5) is 38.5. The molecule has 0 bridgehead atoms. The Hall–Kier alpha value is -1.41. The predicted molar refractivity (Wildman–Crippen MR) is 147 cm³/mol. The molecule has 0 aromatic heterocycles. The fourth-order valence-corrected chi connectivity index (χ4v) is 6.29. The number of aliphatic hydroxyl groups excluding tert-OH is 1. The molecule has 3 amide bonds. The quantitative estimate of drug-likeness (QED) is 0.180. The van der Waals surface area contributed by atoms with E-state index >= 15 is 0 Å². The van der Waals surface area contributed by atoms with Gasteiger partial charge in [0.15, 0.2) is 5.44 Å². The van der Waals surface area contributed by atoms with Gasteiger partial charge in [0.2, 0.25) is 11.8 Å². The summed E-state index contributed by atoms with van der Waals surface area (Å²) in [5, 5.41) is 18.5. The van der Waals surface area contributed by atoms with Crippen molar-refractivity contribution in [3.05, 3.63) is 34.9 Å². The van der Waals surface area contributed by atoms with Gasteiger partial charge in [-0.25, -0.2) is 13.2 Å². The number of nitrogens with one attached hydrogen (secondary N) is 3. The summed E-state index contributed by atoms with van der Waals surface area (Å²) in [5.41, 5.74) is -2.55. The van der Waals surface area contributed by atoms with E-state index in [9.17, 15) is 32.5 Å². The number of alkyl carbamates (subject to hydrolysis) is 1. The third-order valence-corrected chi connectivity index (χ3v) is 8.61. The molecule has 2 aliphatic rings. The summed E-state index contributed by atoms with van der Waals surface area (Å²) in [6, 6.07) is 4.51. The minimum atomic E-state index is -5.20. The van der Waals surface area contributed by atoms with E-state index in [0.717, 1.165) is 37.7 Å². The van der Waals surface area contributed by atoms with Crippen molar-refractivity contribution in [2.45, 2.75) is 94.8 Å². The minimum Gasteiger partial charge on any atom is -0.746 e. The summed E-state index contributed by atoms with van der Waals surface area (Å²) in [6.45, 7) is 3.82. The van der Waals surface area contributed by atoms with Crippen molar-refractivity contribution in [3.8, 4) is 0 Å². The van der Waals surface area contributed by atoms with Crippen LogP contribution in [0.25, 0.3) is 0 Å². The molecule has 0 radical (unpaired) electrons. The number of benzene rings is 1. The van der Waals surface area contributed by atoms with Crippen LogP contribution in [0.5, 0.6) is 0 Å². The Morgan fingerprint density at radius 3 is 2.44 bits per heavy atom. The van der Waals surface area contributed by atoms with Gasteiger partial charge < -0.3 is 30.3 Å². The largest absolute Gasteiger partial charge is 1.00 e. The van der Waals surface area contributed by atoms with E-state index in [0.29, 0.717) is 24.4 Å². The Balaban J connectivity index is 0.00000588. The van der Waals surface area contributed by atoms with E-state index in [4.69, 9.17) is 16.3 Å². The number of rotatable bonds is 12. The second-order valence-corrected chi connectivity index (χ2v) is 13.3. The monoisotopic (exact) mass is 623 g/mol. The first kappa shape index (κ1) is 35.8. The first-order valence-electron chi connectivity index (χ1n) is 13.7. The van der Waals surface area contributed by atoms with Crippen LogP contribution in [-0.4, -0.2) is 65.7 Å². The Morgan fingerprint density at radius 1 is 1.17 bits per heavy atom. The van der Waals surface area contributed by atoms with Crippen molar-refractivity contribution >= 4 is 39.6 Å². The molecule has 1 saturated carbocycles. The van der Waals surface area contributed by atoms with Crippen LogP contribution in [0, 0.1) is 11.8 Å². The molecule has 11 nitrogen and oxygen atoms in total. The average Bonchev–Trinajstić information content (AvgIpc) is 3.26. The smallest absolute Gasteiger partial charge is 0.746 e. The van der Waals surface area contributed by atoms with Crippen LogP contribution >= 0.6 is 11.6 Å². The molecule has 1 aromatic rings. The van der Waals surface area contributed by atoms with Gasteiger partial charge in [-0.2, -0.15) is 0 Å². The Labute approximate surface area is 268 Å². The Morgan fingerprint density at radius 2 is 1.85 bits per heavy atom. The number of hydrogen-bond donors (Lipinski definition) is 4. The minimum absolute atomic E-state index is 0. The molecular weight excluding hydrogens is 585 g/mol. The van der Waals surface area contributed by atoms with Crippen molar-refractivity contribution in [2.75, 3.05) is 6.54 Å². The molecule has 0 spiro atoms. The van der Waals surface area contributed by atoms with Gasteiger partial charge in [0.1, 0.15) is 21.8 Å². The third kappa shape index (κ3) is 11.7. The van der Waals surface area contributed by atoms with Gasteiger partial charge in [-0.05, 0) is 56.7 Å². The fraction of sp³-hybridized carbons (Fsp3) is 0.667. The SMILES string of the molecule is CC(C)(Cc1cccc(Cl)c1)OC(=O)N[C@@H](CC1CCCCC1)C(=O)N[C@@H](C[C@@H]1CCNC1=O)C(O)S(=O)(=O)[O-].[Na+]. The number of carbonyl (C=O) groups is 3. The van der Waals surface area contributed by atoms with Crippen LogP contribution in [0.1, 0.15) is 70.8 Å². The van der Waals surface area contributed by atoms with Gasteiger partial charge >= 0.3 is 35.7 Å². The van der Waals surface area contributed by atoms with Crippen molar-refractivity contribution < 1.29 is 66.8 Å². The maximum Gasteiger partial charge on any atom is 1.00 e. The molecular formula is C27H39ClN3NaO8S. The molecule has 14 heteroatoms. The van der Waals surface area contributed by atoms with E-state index in [2.05, 4.69) is 16.0 Å². The van der Waals surface area contributed by atoms with E-state index in [1.807, 2.05) is 6.07 Å². The van der Waals surface area contributed by atoms with Crippen LogP contribution in [0.15, 0.2) is 24.3 Å². The molecule has 41 heavy (non-hydrogen) atoms. The van der Waals surface area contributed by atoms with Crippen molar-refractivity contribution in [1.29, 1.82) is 0 Å². The van der Waals surface area contributed by atoms with Gasteiger partial charge in [-0.15, -0.1) is 0 Å². The molecule has 4 atom stereocenters. The zero-order chi connectivity index (χ0) is 29.5. The fourth-order valence-electron chi connectivity index (χ4n) is 5.49. The van der Waals surface area contributed by atoms with Crippen LogP contribution in [0.2, 0.25) is 5.02 Å². The molecule has 1 unspecified atom stereocenters. The van der Waals surface area contributed by atoms with Crippen LogP contribution < -0.4 is 45.5 Å². The molecule has 1 heterocycles. The normalized spacial score (nSPS) is 20.2. The number of amides is 3. The zero-order valence-corrected chi connectivity index (χ0v) is 27.4. The Bertz CT molecular complexity index is 1160. The number of carbonyl (C=O) groups excluding carboxylic acids is 3. The third-order valence-electron chi connectivity index (χ3n) is 7.46. The molecule has 1 aromatic carbocycles. The summed E-state index contributed by atoms with van der Waals surface area (Å²) >= 11 is 6.07. The topological polar surface area (TPSA) is 174 Å². The first-order chi connectivity index (χ1) is 18.7. The van der Waals surface area contributed by atoms with Crippen molar-refractivity contribution in [3.63, 3.8) is 0 Å². The molecule has 1 saturated heterocycles. The number of halogens is 1. The van der Waals surface area contributed by atoms with Crippen LogP contribution in [0.3, 0.4) is 0 Å². The number of ether oxygens (including phenoxy) is 1. The summed E-state index contributed by atoms with van der Waals surface area (Å²) in [6.07, 6.45) is 4.71. The van der Waals surface area contributed by atoms with Crippen molar-refractivity contribution in [1.82, 2.24) is 16.0 Å².